The smallest absolute Gasteiger partial charge is 0.253 e. The maximum atomic E-state index is 12.9. The fourth-order valence-corrected chi connectivity index (χ4v) is 3.94. The number of carbonyl (C=O) groups is 2. The fourth-order valence-electron chi connectivity index (χ4n) is 3.94. The summed E-state index contributed by atoms with van der Waals surface area (Å²) in [7, 11) is 0. The number of rotatable bonds is 3. The van der Waals surface area contributed by atoms with Crippen LogP contribution < -0.4 is 4.74 Å². The summed E-state index contributed by atoms with van der Waals surface area (Å²) in [6, 6.07) is 15.7. The van der Waals surface area contributed by atoms with Gasteiger partial charge in [0, 0.05) is 31.7 Å². The van der Waals surface area contributed by atoms with Crippen molar-refractivity contribution < 1.29 is 14.3 Å². The van der Waals surface area contributed by atoms with Crippen LogP contribution >= 0.6 is 0 Å². The number of hydrogen-bond donors (Lipinski definition) is 0. The van der Waals surface area contributed by atoms with Gasteiger partial charge in [-0.3, -0.25) is 9.59 Å². The Kier molecular flexibility index (Phi) is 5.33. The van der Waals surface area contributed by atoms with E-state index in [4.69, 9.17) is 4.74 Å². The highest BCUT2D eigenvalue weighted by Gasteiger charge is 2.32. The average Bonchev–Trinajstić information content (AvgIpc) is 2.78. The van der Waals surface area contributed by atoms with Crippen molar-refractivity contribution in [2.75, 3.05) is 32.8 Å². The zero-order valence-electron chi connectivity index (χ0n) is 16.3. The first kappa shape index (κ1) is 18.5. The molecular weight excluding hydrogens is 352 g/mol. The highest BCUT2D eigenvalue weighted by molar-refractivity contribution is 5.94. The molecule has 1 atom stereocenters. The van der Waals surface area contributed by atoms with Gasteiger partial charge in [0.2, 0.25) is 5.91 Å². The average molecular weight is 378 g/mol. The number of piperazine rings is 1. The minimum atomic E-state index is -0.140. The normalized spacial score (nSPS) is 19.0. The van der Waals surface area contributed by atoms with Crippen molar-refractivity contribution in [3.63, 3.8) is 0 Å². The molecular formula is C23H26N2O3. The Hall–Kier alpha value is -2.82. The molecule has 0 spiro atoms. The third kappa shape index (κ3) is 3.75. The van der Waals surface area contributed by atoms with Crippen LogP contribution in [0.5, 0.6) is 5.75 Å². The summed E-state index contributed by atoms with van der Waals surface area (Å²) in [4.78, 5) is 29.4. The van der Waals surface area contributed by atoms with E-state index in [2.05, 4.69) is 6.92 Å². The number of para-hydroxylation sites is 1. The standard InChI is InChI=1S/C23H26N2O3/c1-2-17-7-9-18(10-8-17)22(26)24-11-13-25(14-12-24)23(27)20-15-19-5-3-4-6-21(19)28-16-20/h3-10,20H,2,11-16H2,1H3. The van der Waals surface area contributed by atoms with Gasteiger partial charge in [-0.25, -0.2) is 0 Å². The van der Waals surface area contributed by atoms with Crippen LogP contribution in [0.3, 0.4) is 0 Å². The van der Waals surface area contributed by atoms with E-state index < -0.39 is 0 Å². The molecule has 4 rings (SSSR count). The molecule has 0 aliphatic carbocycles. The Morgan fingerprint density at radius 1 is 0.964 bits per heavy atom. The summed E-state index contributed by atoms with van der Waals surface area (Å²) in [6.07, 6.45) is 1.68. The molecule has 1 unspecified atom stereocenters. The van der Waals surface area contributed by atoms with Crippen molar-refractivity contribution in [1.29, 1.82) is 0 Å². The molecule has 2 heterocycles. The second kappa shape index (κ2) is 8.05. The van der Waals surface area contributed by atoms with E-state index in [1.807, 2.05) is 58.3 Å². The topological polar surface area (TPSA) is 49.9 Å². The predicted octanol–water partition coefficient (Wildman–Crippen LogP) is 2.78. The van der Waals surface area contributed by atoms with Gasteiger partial charge in [0.1, 0.15) is 12.4 Å². The quantitative estimate of drug-likeness (QED) is 0.825. The van der Waals surface area contributed by atoms with E-state index >= 15 is 0 Å². The summed E-state index contributed by atoms with van der Waals surface area (Å²) in [5.41, 5.74) is 3.04. The van der Waals surface area contributed by atoms with Crippen molar-refractivity contribution in [3.8, 4) is 5.75 Å². The van der Waals surface area contributed by atoms with Crippen LogP contribution in [0.2, 0.25) is 0 Å². The van der Waals surface area contributed by atoms with E-state index in [-0.39, 0.29) is 17.7 Å². The summed E-state index contributed by atoms with van der Waals surface area (Å²) >= 11 is 0. The molecule has 2 aliphatic rings. The molecule has 2 aliphatic heterocycles. The van der Waals surface area contributed by atoms with Gasteiger partial charge in [0.15, 0.2) is 0 Å². The van der Waals surface area contributed by atoms with Crippen LogP contribution in [-0.4, -0.2) is 54.4 Å². The first-order valence-corrected chi connectivity index (χ1v) is 10.0. The zero-order chi connectivity index (χ0) is 19.5. The van der Waals surface area contributed by atoms with Crippen molar-refractivity contribution in [2.24, 2.45) is 5.92 Å². The Morgan fingerprint density at radius 2 is 1.64 bits per heavy atom. The molecule has 0 bridgehead atoms. The number of nitrogens with zero attached hydrogens (tertiary/aromatic N) is 2. The van der Waals surface area contributed by atoms with Crippen molar-refractivity contribution in [1.82, 2.24) is 9.80 Å². The second-order valence-electron chi connectivity index (χ2n) is 7.49. The van der Waals surface area contributed by atoms with Crippen LogP contribution in [0.15, 0.2) is 48.5 Å². The predicted molar refractivity (Wildman–Crippen MR) is 107 cm³/mol. The Bertz CT molecular complexity index is 854. The second-order valence-corrected chi connectivity index (χ2v) is 7.49. The van der Waals surface area contributed by atoms with E-state index in [9.17, 15) is 9.59 Å². The molecule has 2 aromatic rings. The van der Waals surface area contributed by atoms with Gasteiger partial charge in [-0.05, 0) is 42.2 Å². The van der Waals surface area contributed by atoms with Gasteiger partial charge in [-0.1, -0.05) is 37.3 Å². The Balaban J connectivity index is 1.33. The van der Waals surface area contributed by atoms with Crippen LogP contribution in [0, 0.1) is 5.92 Å². The molecule has 1 saturated heterocycles. The lowest BCUT2D eigenvalue weighted by Crippen LogP contribution is -2.53. The van der Waals surface area contributed by atoms with E-state index in [1.54, 1.807) is 0 Å². The summed E-state index contributed by atoms with van der Waals surface area (Å²) < 4.78 is 5.77. The number of benzene rings is 2. The van der Waals surface area contributed by atoms with Gasteiger partial charge >= 0.3 is 0 Å². The van der Waals surface area contributed by atoms with Crippen LogP contribution in [0.4, 0.5) is 0 Å². The fraction of sp³-hybridized carbons (Fsp3) is 0.391. The number of fused-ring (bicyclic) bond motifs is 1. The third-order valence-electron chi connectivity index (χ3n) is 5.72. The first-order valence-electron chi connectivity index (χ1n) is 10.0. The van der Waals surface area contributed by atoms with Gasteiger partial charge in [0.05, 0.1) is 5.92 Å². The minimum Gasteiger partial charge on any atom is -0.492 e. The van der Waals surface area contributed by atoms with Crippen LogP contribution in [-0.2, 0) is 17.6 Å². The maximum Gasteiger partial charge on any atom is 0.253 e. The largest absolute Gasteiger partial charge is 0.492 e. The number of ether oxygens (including phenoxy) is 1. The third-order valence-corrected chi connectivity index (χ3v) is 5.72. The summed E-state index contributed by atoms with van der Waals surface area (Å²) in [5, 5.41) is 0. The van der Waals surface area contributed by atoms with E-state index in [0.717, 1.165) is 24.2 Å². The van der Waals surface area contributed by atoms with Gasteiger partial charge in [0.25, 0.3) is 5.91 Å². The number of aryl methyl sites for hydroxylation is 1. The summed E-state index contributed by atoms with van der Waals surface area (Å²) in [6.45, 7) is 4.84. The van der Waals surface area contributed by atoms with Crippen molar-refractivity contribution in [2.45, 2.75) is 19.8 Å². The van der Waals surface area contributed by atoms with Gasteiger partial charge in [-0.15, -0.1) is 0 Å². The SMILES string of the molecule is CCc1ccc(C(=O)N2CCN(C(=O)C3COc4ccccc4C3)CC2)cc1. The van der Waals surface area contributed by atoms with Crippen LogP contribution in [0.25, 0.3) is 0 Å². The first-order chi connectivity index (χ1) is 13.7. The zero-order valence-corrected chi connectivity index (χ0v) is 16.3. The highest BCUT2D eigenvalue weighted by atomic mass is 16.5. The Morgan fingerprint density at radius 3 is 2.36 bits per heavy atom. The molecule has 0 saturated carbocycles. The monoisotopic (exact) mass is 378 g/mol. The molecule has 28 heavy (non-hydrogen) atoms. The highest BCUT2D eigenvalue weighted by Crippen LogP contribution is 2.28. The van der Waals surface area contributed by atoms with Crippen molar-refractivity contribution in [3.05, 3.63) is 65.2 Å². The maximum absolute atomic E-state index is 12.9. The minimum absolute atomic E-state index is 0.0460. The molecule has 146 valence electrons. The summed E-state index contributed by atoms with van der Waals surface area (Å²) in [5.74, 6) is 0.924. The van der Waals surface area contributed by atoms with E-state index in [0.29, 0.717) is 38.3 Å². The van der Waals surface area contributed by atoms with Crippen LogP contribution in [0.1, 0.15) is 28.4 Å². The lowest BCUT2D eigenvalue weighted by molar-refractivity contribution is -0.138. The molecule has 5 nitrogen and oxygen atoms in total. The van der Waals surface area contributed by atoms with Gasteiger partial charge < -0.3 is 14.5 Å². The number of carbonyl (C=O) groups excluding carboxylic acids is 2. The number of hydrogen-bond acceptors (Lipinski definition) is 3. The lowest BCUT2D eigenvalue weighted by Gasteiger charge is -2.37. The van der Waals surface area contributed by atoms with E-state index in [1.165, 1.54) is 5.56 Å². The number of amides is 2. The molecule has 2 aromatic carbocycles. The molecule has 0 radical (unpaired) electrons. The molecule has 1 fully saturated rings. The van der Waals surface area contributed by atoms with Crippen molar-refractivity contribution >= 4 is 11.8 Å². The lowest BCUT2D eigenvalue weighted by atomic mass is 9.95. The Labute approximate surface area is 165 Å². The van der Waals surface area contributed by atoms with Gasteiger partial charge in [-0.2, -0.15) is 0 Å². The molecule has 2 amide bonds. The molecule has 0 N–H and O–H groups in total. The molecule has 0 aromatic heterocycles. The molecule has 5 heteroatoms.